The van der Waals surface area contributed by atoms with Crippen LogP contribution in [0.5, 0.6) is 0 Å². The predicted molar refractivity (Wildman–Crippen MR) is 109 cm³/mol. The number of ether oxygens (including phenoxy) is 1. The quantitative estimate of drug-likeness (QED) is 0.542. The van der Waals surface area contributed by atoms with Gasteiger partial charge >= 0.3 is 5.97 Å². The van der Waals surface area contributed by atoms with Gasteiger partial charge in [-0.3, -0.25) is 4.79 Å². The standard InChI is InChI=1S/C20H21BrN4O3/c1-13(2)25-19-15(10-23-25)8-16(9-22-19)20(27)28-12-18(26)24(3)11-14-4-6-17(21)7-5-14/h4-10,13H,11-12H2,1-3H3. The van der Waals surface area contributed by atoms with Gasteiger partial charge < -0.3 is 9.64 Å². The van der Waals surface area contributed by atoms with Gasteiger partial charge in [0.1, 0.15) is 0 Å². The van der Waals surface area contributed by atoms with Crippen molar-refractivity contribution in [2.75, 3.05) is 13.7 Å². The molecule has 3 rings (SSSR count). The Morgan fingerprint density at radius 1 is 1.21 bits per heavy atom. The van der Waals surface area contributed by atoms with Crippen LogP contribution in [0.3, 0.4) is 0 Å². The van der Waals surface area contributed by atoms with E-state index >= 15 is 0 Å². The Kier molecular flexibility index (Phi) is 6.08. The second-order valence-electron chi connectivity index (χ2n) is 6.77. The van der Waals surface area contributed by atoms with Crippen LogP contribution in [0.4, 0.5) is 0 Å². The first-order valence-electron chi connectivity index (χ1n) is 8.84. The summed E-state index contributed by atoms with van der Waals surface area (Å²) in [6.45, 7) is 4.13. The van der Waals surface area contributed by atoms with Crippen molar-refractivity contribution in [3.63, 3.8) is 0 Å². The second kappa shape index (κ2) is 8.52. The van der Waals surface area contributed by atoms with Crippen LogP contribution < -0.4 is 0 Å². The number of halogens is 1. The van der Waals surface area contributed by atoms with Gasteiger partial charge in [-0.15, -0.1) is 0 Å². The summed E-state index contributed by atoms with van der Waals surface area (Å²) in [6.07, 6.45) is 3.11. The Morgan fingerprint density at radius 3 is 2.61 bits per heavy atom. The number of carbonyl (C=O) groups excluding carboxylic acids is 2. The average molecular weight is 445 g/mol. The van der Waals surface area contributed by atoms with Crippen LogP contribution in [0.15, 0.2) is 47.2 Å². The van der Waals surface area contributed by atoms with Gasteiger partial charge in [0.2, 0.25) is 0 Å². The van der Waals surface area contributed by atoms with Crippen LogP contribution in [0.2, 0.25) is 0 Å². The third-order valence-corrected chi connectivity index (χ3v) is 4.77. The lowest BCUT2D eigenvalue weighted by molar-refractivity contribution is -0.133. The van der Waals surface area contributed by atoms with E-state index in [-0.39, 0.29) is 18.6 Å². The highest BCUT2D eigenvalue weighted by Gasteiger charge is 2.16. The fraction of sp³-hybridized carbons (Fsp3) is 0.300. The summed E-state index contributed by atoms with van der Waals surface area (Å²) >= 11 is 3.38. The smallest absolute Gasteiger partial charge is 0.340 e. The number of carbonyl (C=O) groups is 2. The summed E-state index contributed by atoms with van der Waals surface area (Å²) in [5.74, 6) is -0.866. The Bertz CT molecular complexity index is 998. The maximum atomic E-state index is 12.3. The molecule has 0 spiro atoms. The van der Waals surface area contributed by atoms with E-state index in [4.69, 9.17) is 4.74 Å². The number of nitrogens with zero attached hydrogens (tertiary/aromatic N) is 4. The van der Waals surface area contributed by atoms with Crippen LogP contribution in [-0.4, -0.2) is 45.2 Å². The molecule has 7 nitrogen and oxygen atoms in total. The van der Waals surface area contributed by atoms with Crippen LogP contribution in [0.25, 0.3) is 11.0 Å². The van der Waals surface area contributed by atoms with E-state index in [0.717, 1.165) is 15.4 Å². The molecule has 28 heavy (non-hydrogen) atoms. The van der Waals surface area contributed by atoms with Crippen molar-refractivity contribution in [1.82, 2.24) is 19.7 Å². The molecule has 0 aliphatic carbocycles. The zero-order valence-electron chi connectivity index (χ0n) is 15.9. The zero-order valence-corrected chi connectivity index (χ0v) is 17.5. The van der Waals surface area contributed by atoms with Crippen LogP contribution in [0, 0.1) is 0 Å². The van der Waals surface area contributed by atoms with Crippen molar-refractivity contribution < 1.29 is 14.3 Å². The summed E-state index contributed by atoms with van der Waals surface area (Å²) in [7, 11) is 1.67. The van der Waals surface area contributed by atoms with Crippen LogP contribution in [-0.2, 0) is 16.1 Å². The van der Waals surface area contributed by atoms with E-state index in [1.165, 1.54) is 11.1 Å². The Hall–Kier alpha value is -2.74. The fourth-order valence-electron chi connectivity index (χ4n) is 2.70. The highest BCUT2D eigenvalue weighted by molar-refractivity contribution is 9.10. The monoisotopic (exact) mass is 444 g/mol. The van der Waals surface area contributed by atoms with Crippen LogP contribution in [0.1, 0.15) is 35.8 Å². The van der Waals surface area contributed by atoms with Crippen molar-refractivity contribution in [2.24, 2.45) is 0 Å². The molecule has 0 fully saturated rings. The minimum Gasteiger partial charge on any atom is -0.452 e. The van der Waals surface area contributed by atoms with E-state index in [1.807, 2.05) is 38.1 Å². The summed E-state index contributed by atoms with van der Waals surface area (Å²) in [5.41, 5.74) is 1.98. The van der Waals surface area contributed by atoms with E-state index in [2.05, 4.69) is 26.0 Å². The first-order valence-corrected chi connectivity index (χ1v) is 9.63. The van der Waals surface area contributed by atoms with E-state index in [0.29, 0.717) is 17.8 Å². The molecule has 0 radical (unpaired) electrons. The first-order chi connectivity index (χ1) is 13.3. The van der Waals surface area contributed by atoms with Crippen molar-refractivity contribution in [1.29, 1.82) is 0 Å². The van der Waals surface area contributed by atoms with Crippen molar-refractivity contribution in [3.05, 3.63) is 58.3 Å². The van der Waals surface area contributed by atoms with Gasteiger partial charge in [-0.25, -0.2) is 14.5 Å². The molecular formula is C20H21BrN4O3. The molecule has 2 heterocycles. The molecule has 3 aromatic rings. The number of rotatable bonds is 6. The number of pyridine rings is 1. The molecule has 1 amide bonds. The van der Waals surface area contributed by atoms with E-state index < -0.39 is 5.97 Å². The Labute approximate surface area is 171 Å². The number of aromatic nitrogens is 3. The van der Waals surface area contributed by atoms with E-state index in [1.54, 1.807) is 24.0 Å². The maximum absolute atomic E-state index is 12.3. The molecule has 0 N–H and O–H groups in total. The van der Waals surface area contributed by atoms with Gasteiger partial charge in [0.25, 0.3) is 5.91 Å². The molecule has 2 aromatic heterocycles. The SMILES string of the molecule is CC(C)n1ncc2cc(C(=O)OCC(=O)N(C)Cc3ccc(Br)cc3)cnc21. The van der Waals surface area contributed by atoms with Crippen molar-refractivity contribution >= 4 is 38.8 Å². The van der Waals surface area contributed by atoms with Crippen molar-refractivity contribution in [3.8, 4) is 0 Å². The number of amides is 1. The van der Waals surface area contributed by atoms with Gasteiger partial charge in [0, 0.05) is 35.7 Å². The third-order valence-electron chi connectivity index (χ3n) is 4.24. The molecule has 0 saturated heterocycles. The summed E-state index contributed by atoms with van der Waals surface area (Å²) in [5, 5.41) is 5.03. The lowest BCUT2D eigenvalue weighted by Crippen LogP contribution is -2.30. The molecule has 8 heteroatoms. The number of hydrogen-bond acceptors (Lipinski definition) is 5. The molecule has 0 atom stereocenters. The number of likely N-dealkylation sites (N-methyl/N-ethyl adjacent to an activating group) is 1. The average Bonchev–Trinajstić information content (AvgIpc) is 3.11. The van der Waals surface area contributed by atoms with Gasteiger partial charge in [0.05, 0.1) is 11.8 Å². The van der Waals surface area contributed by atoms with Gasteiger partial charge in [-0.2, -0.15) is 5.10 Å². The molecule has 146 valence electrons. The summed E-state index contributed by atoms with van der Waals surface area (Å²) in [6, 6.07) is 9.53. The topological polar surface area (TPSA) is 77.3 Å². The van der Waals surface area contributed by atoms with Gasteiger partial charge in [0.15, 0.2) is 12.3 Å². The highest BCUT2D eigenvalue weighted by atomic mass is 79.9. The lowest BCUT2D eigenvalue weighted by atomic mass is 10.2. The maximum Gasteiger partial charge on any atom is 0.340 e. The third kappa shape index (κ3) is 4.56. The van der Waals surface area contributed by atoms with E-state index in [9.17, 15) is 9.59 Å². The number of hydrogen-bond donors (Lipinski definition) is 0. The second-order valence-corrected chi connectivity index (χ2v) is 7.69. The molecule has 0 saturated carbocycles. The fourth-order valence-corrected chi connectivity index (χ4v) is 2.97. The zero-order chi connectivity index (χ0) is 20.3. The molecule has 0 aliphatic heterocycles. The predicted octanol–water partition coefficient (Wildman–Crippen LogP) is 3.59. The van der Waals surface area contributed by atoms with Gasteiger partial charge in [-0.05, 0) is 37.6 Å². The summed E-state index contributed by atoms with van der Waals surface area (Å²) < 4.78 is 7.92. The molecular weight excluding hydrogens is 424 g/mol. The largest absolute Gasteiger partial charge is 0.452 e. The molecule has 1 aromatic carbocycles. The number of esters is 1. The Morgan fingerprint density at radius 2 is 1.93 bits per heavy atom. The highest BCUT2D eigenvalue weighted by Crippen LogP contribution is 2.17. The molecule has 0 unspecified atom stereocenters. The Balaban J connectivity index is 1.59. The number of fused-ring (bicyclic) bond motifs is 1. The van der Waals surface area contributed by atoms with Gasteiger partial charge in [-0.1, -0.05) is 28.1 Å². The molecule has 0 bridgehead atoms. The number of benzene rings is 1. The van der Waals surface area contributed by atoms with Crippen LogP contribution >= 0.6 is 15.9 Å². The minimum absolute atomic E-state index is 0.168. The lowest BCUT2D eigenvalue weighted by Gasteiger charge is -2.17. The molecule has 0 aliphatic rings. The normalized spacial score (nSPS) is 11.0. The van der Waals surface area contributed by atoms with Crippen molar-refractivity contribution in [2.45, 2.75) is 26.4 Å². The first kappa shape index (κ1) is 20.0. The minimum atomic E-state index is -0.586. The summed E-state index contributed by atoms with van der Waals surface area (Å²) in [4.78, 5) is 30.4.